The van der Waals surface area contributed by atoms with Crippen LogP contribution in [0.4, 0.5) is 5.69 Å². The number of thiophene rings is 1. The lowest BCUT2D eigenvalue weighted by atomic mass is 10.1. The van der Waals surface area contributed by atoms with Crippen molar-refractivity contribution in [2.45, 2.75) is 17.7 Å². The number of nitrogens with one attached hydrogen (secondary N) is 1. The van der Waals surface area contributed by atoms with Crippen molar-refractivity contribution in [2.24, 2.45) is 0 Å². The summed E-state index contributed by atoms with van der Waals surface area (Å²) in [7, 11) is -2.11. The molecule has 1 amide bonds. The van der Waals surface area contributed by atoms with Gasteiger partial charge in [-0.1, -0.05) is 18.2 Å². The number of aryl methyl sites for hydroxylation is 1. The van der Waals surface area contributed by atoms with Crippen LogP contribution in [0.15, 0.2) is 82.6 Å². The number of amides is 1. The van der Waals surface area contributed by atoms with Crippen LogP contribution >= 0.6 is 11.3 Å². The third kappa shape index (κ3) is 4.44. The number of carbonyl (C=O) groups is 1. The lowest BCUT2D eigenvalue weighted by molar-refractivity contribution is 0.0951. The highest BCUT2D eigenvalue weighted by molar-refractivity contribution is 7.94. The van der Waals surface area contributed by atoms with E-state index in [2.05, 4.69) is 10.3 Å². The fourth-order valence-electron chi connectivity index (χ4n) is 3.22. The Bertz CT molecular complexity index is 1310. The number of hydrogen-bond donors (Lipinski definition) is 1. The van der Waals surface area contributed by atoms with Gasteiger partial charge >= 0.3 is 0 Å². The van der Waals surface area contributed by atoms with Gasteiger partial charge < -0.3 is 9.88 Å². The third-order valence-corrected chi connectivity index (χ3v) is 8.25. The Morgan fingerprint density at radius 2 is 1.81 bits per heavy atom. The molecule has 0 fully saturated rings. The first kappa shape index (κ1) is 21.8. The predicted molar refractivity (Wildman–Crippen MR) is 126 cm³/mol. The van der Waals surface area contributed by atoms with Gasteiger partial charge in [-0.05, 0) is 60.3 Å². The third-order valence-electron chi connectivity index (χ3n) is 5.10. The summed E-state index contributed by atoms with van der Waals surface area (Å²) in [4.78, 5) is 16.7. The molecule has 0 saturated heterocycles. The van der Waals surface area contributed by atoms with Crippen molar-refractivity contribution in [1.29, 1.82) is 0 Å². The molecule has 0 aliphatic rings. The zero-order chi connectivity index (χ0) is 22.7. The SMILES string of the molecule is Cc1nccn1-c1ccc(CNC(=O)c2ccc(N(C)S(=O)(=O)c3cccs3)cc2)cc1. The maximum atomic E-state index is 12.6. The first-order valence-electron chi connectivity index (χ1n) is 9.86. The van der Waals surface area contributed by atoms with Gasteiger partial charge in [0.05, 0.1) is 5.69 Å². The zero-order valence-corrected chi connectivity index (χ0v) is 19.2. The molecule has 2 aromatic carbocycles. The van der Waals surface area contributed by atoms with Crippen LogP contribution in [-0.4, -0.2) is 30.9 Å². The summed E-state index contributed by atoms with van der Waals surface area (Å²) in [6, 6.07) is 17.7. The molecule has 164 valence electrons. The number of benzene rings is 2. The standard InChI is InChI=1S/C23H22N4O3S2/c1-17-24-13-14-27(17)21-9-5-18(6-10-21)16-25-23(28)19-7-11-20(12-8-19)26(2)32(29,30)22-4-3-15-31-22/h3-15H,16H2,1-2H3,(H,25,28). The zero-order valence-electron chi connectivity index (χ0n) is 17.6. The smallest absolute Gasteiger partial charge is 0.273 e. The second kappa shape index (κ2) is 8.97. The number of hydrogen-bond acceptors (Lipinski definition) is 5. The molecule has 0 radical (unpaired) electrons. The first-order chi connectivity index (χ1) is 15.4. The van der Waals surface area contributed by atoms with E-state index in [1.807, 2.05) is 42.0 Å². The molecular weight excluding hydrogens is 444 g/mol. The average molecular weight is 467 g/mol. The summed E-state index contributed by atoms with van der Waals surface area (Å²) in [5.74, 6) is 0.679. The Kier molecular flexibility index (Phi) is 6.11. The molecule has 0 aliphatic carbocycles. The maximum absolute atomic E-state index is 12.6. The van der Waals surface area contributed by atoms with Crippen molar-refractivity contribution in [1.82, 2.24) is 14.9 Å². The molecule has 2 aromatic heterocycles. The van der Waals surface area contributed by atoms with Crippen LogP contribution in [0.5, 0.6) is 0 Å². The lowest BCUT2D eigenvalue weighted by Gasteiger charge is -2.18. The molecule has 7 nitrogen and oxygen atoms in total. The van der Waals surface area contributed by atoms with Gasteiger partial charge in [-0.15, -0.1) is 11.3 Å². The molecule has 1 N–H and O–H groups in total. The summed E-state index contributed by atoms with van der Waals surface area (Å²) >= 11 is 1.17. The molecule has 0 bridgehead atoms. The van der Waals surface area contributed by atoms with Gasteiger partial charge in [-0.2, -0.15) is 0 Å². The van der Waals surface area contributed by atoms with Crippen LogP contribution in [0.1, 0.15) is 21.7 Å². The summed E-state index contributed by atoms with van der Waals surface area (Å²) in [6.07, 6.45) is 3.66. The minimum atomic E-state index is -3.61. The van der Waals surface area contributed by atoms with E-state index in [1.54, 1.807) is 48.0 Å². The van der Waals surface area contributed by atoms with Crippen molar-refractivity contribution in [3.8, 4) is 5.69 Å². The van der Waals surface area contributed by atoms with E-state index < -0.39 is 10.0 Å². The second-order valence-corrected chi connectivity index (χ2v) is 10.3. The van der Waals surface area contributed by atoms with E-state index >= 15 is 0 Å². The van der Waals surface area contributed by atoms with Crippen LogP contribution in [0.3, 0.4) is 0 Å². The number of imidazole rings is 1. The number of sulfonamides is 1. The highest BCUT2D eigenvalue weighted by Crippen LogP contribution is 2.25. The van der Waals surface area contributed by atoms with Gasteiger partial charge in [0.1, 0.15) is 10.0 Å². The highest BCUT2D eigenvalue weighted by Gasteiger charge is 2.22. The molecule has 2 heterocycles. The lowest BCUT2D eigenvalue weighted by Crippen LogP contribution is -2.26. The fourth-order valence-corrected chi connectivity index (χ4v) is 5.57. The normalized spacial score (nSPS) is 11.3. The van der Waals surface area contributed by atoms with Gasteiger partial charge in [0.2, 0.25) is 0 Å². The van der Waals surface area contributed by atoms with E-state index in [1.165, 1.54) is 22.7 Å². The van der Waals surface area contributed by atoms with E-state index in [0.29, 0.717) is 17.8 Å². The number of anilines is 1. The van der Waals surface area contributed by atoms with Gasteiger partial charge in [0.25, 0.3) is 15.9 Å². The summed E-state index contributed by atoms with van der Waals surface area (Å²) < 4.78 is 28.8. The Balaban J connectivity index is 1.38. The minimum absolute atomic E-state index is 0.227. The van der Waals surface area contributed by atoms with E-state index in [0.717, 1.165) is 17.1 Å². The predicted octanol–water partition coefficient (Wildman–Crippen LogP) is 4.00. The molecule has 0 unspecified atom stereocenters. The molecule has 4 aromatic rings. The Labute approximate surface area is 191 Å². The summed E-state index contributed by atoms with van der Waals surface area (Å²) in [5, 5.41) is 4.62. The maximum Gasteiger partial charge on any atom is 0.273 e. The van der Waals surface area contributed by atoms with Crippen LogP contribution in [0, 0.1) is 6.92 Å². The number of rotatable bonds is 7. The van der Waals surface area contributed by atoms with E-state index in [4.69, 9.17) is 0 Å². The Hall–Kier alpha value is -3.43. The number of aromatic nitrogens is 2. The second-order valence-electron chi connectivity index (χ2n) is 7.15. The van der Waals surface area contributed by atoms with Crippen LogP contribution in [-0.2, 0) is 16.6 Å². The highest BCUT2D eigenvalue weighted by atomic mass is 32.2. The largest absolute Gasteiger partial charge is 0.348 e. The molecule has 4 rings (SSSR count). The van der Waals surface area contributed by atoms with Gasteiger partial charge in [-0.25, -0.2) is 13.4 Å². The number of nitrogens with zero attached hydrogens (tertiary/aromatic N) is 3. The molecule has 0 saturated carbocycles. The Morgan fingerprint density at radius 3 is 2.41 bits per heavy atom. The molecule has 9 heteroatoms. The van der Waals surface area contributed by atoms with Gasteiger partial charge in [-0.3, -0.25) is 9.10 Å². The van der Waals surface area contributed by atoms with E-state index in [-0.39, 0.29) is 10.1 Å². The van der Waals surface area contributed by atoms with Crippen LogP contribution in [0.2, 0.25) is 0 Å². The monoisotopic (exact) mass is 466 g/mol. The van der Waals surface area contributed by atoms with Crippen LogP contribution in [0.25, 0.3) is 5.69 Å². The summed E-state index contributed by atoms with van der Waals surface area (Å²) in [6.45, 7) is 2.32. The molecule has 0 aliphatic heterocycles. The van der Waals surface area contributed by atoms with Crippen molar-refractivity contribution in [3.05, 3.63) is 95.4 Å². The van der Waals surface area contributed by atoms with Gasteiger partial charge in [0.15, 0.2) is 0 Å². The topological polar surface area (TPSA) is 84.3 Å². The van der Waals surface area contributed by atoms with Crippen molar-refractivity contribution in [2.75, 3.05) is 11.4 Å². The van der Waals surface area contributed by atoms with Crippen molar-refractivity contribution in [3.63, 3.8) is 0 Å². The molecule has 0 spiro atoms. The van der Waals surface area contributed by atoms with Gasteiger partial charge in [0, 0.05) is 37.2 Å². The first-order valence-corrected chi connectivity index (χ1v) is 12.2. The summed E-state index contributed by atoms with van der Waals surface area (Å²) in [5.41, 5.74) is 2.92. The average Bonchev–Trinajstić information content (AvgIpc) is 3.50. The minimum Gasteiger partial charge on any atom is -0.348 e. The number of carbonyl (C=O) groups excluding carboxylic acids is 1. The van der Waals surface area contributed by atoms with Crippen molar-refractivity contribution < 1.29 is 13.2 Å². The quantitative estimate of drug-likeness (QED) is 0.446. The molecule has 32 heavy (non-hydrogen) atoms. The Morgan fingerprint density at radius 1 is 1.09 bits per heavy atom. The fraction of sp³-hybridized carbons (Fsp3) is 0.130. The van der Waals surface area contributed by atoms with Crippen LogP contribution < -0.4 is 9.62 Å². The molecule has 0 atom stereocenters. The van der Waals surface area contributed by atoms with Crippen molar-refractivity contribution >= 4 is 33.0 Å². The van der Waals surface area contributed by atoms with E-state index in [9.17, 15) is 13.2 Å². The molecular formula is C23H22N4O3S2.